The van der Waals surface area contributed by atoms with Gasteiger partial charge in [-0.1, -0.05) is 30.5 Å². The van der Waals surface area contributed by atoms with Gasteiger partial charge in [-0.25, -0.2) is 9.37 Å². The van der Waals surface area contributed by atoms with E-state index in [2.05, 4.69) is 43.0 Å². The summed E-state index contributed by atoms with van der Waals surface area (Å²) in [5.41, 5.74) is 4.23. The maximum Gasteiger partial charge on any atom is 0.147 e. The molecule has 1 aliphatic carbocycles. The zero-order chi connectivity index (χ0) is 21.8. The van der Waals surface area contributed by atoms with E-state index in [-0.39, 0.29) is 5.56 Å². The molecule has 1 saturated carbocycles. The van der Waals surface area contributed by atoms with E-state index >= 15 is 0 Å². The van der Waals surface area contributed by atoms with Gasteiger partial charge in [0, 0.05) is 35.1 Å². The van der Waals surface area contributed by atoms with Crippen LogP contribution in [0.15, 0.2) is 59.7 Å². The lowest BCUT2D eigenvalue weighted by Gasteiger charge is -2.08. The van der Waals surface area contributed by atoms with Crippen molar-refractivity contribution in [2.24, 2.45) is 0 Å². The fourth-order valence-electron chi connectivity index (χ4n) is 4.57. The van der Waals surface area contributed by atoms with Crippen LogP contribution in [0.1, 0.15) is 31.7 Å². The summed E-state index contributed by atoms with van der Waals surface area (Å²) >= 11 is 9.90. The second-order valence-electron chi connectivity index (χ2n) is 8.16. The molecule has 0 spiro atoms. The molecule has 4 aromatic heterocycles. The molecule has 0 amide bonds. The lowest BCUT2D eigenvalue weighted by molar-refractivity contribution is 0.467. The van der Waals surface area contributed by atoms with E-state index in [1.807, 2.05) is 29.1 Å². The summed E-state index contributed by atoms with van der Waals surface area (Å²) in [6.07, 6.45) is 12.6. The SMILES string of the molecule is Fc1cccc(Cl)c1-c1nc2c3cc(-c4cnn(C5CCCC5)c4)cnc3ccn2c1Br. The normalized spacial score (nSPS) is 14.7. The minimum absolute atomic E-state index is 0.278. The van der Waals surface area contributed by atoms with Crippen LogP contribution in [0, 0.1) is 5.82 Å². The molecule has 0 saturated heterocycles. The highest BCUT2D eigenvalue weighted by atomic mass is 79.9. The first-order chi connectivity index (χ1) is 15.6. The van der Waals surface area contributed by atoms with E-state index in [9.17, 15) is 4.39 Å². The van der Waals surface area contributed by atoms with Gasteiger partial charge in [-0.2, -0.15) is 5.10 Å². The number of hydrogen-bond donors (Lipinski definition) is 0. The third-order valence-corrected chi connectivity index (χ3v) is 7.30. The van der Waals surface area contributed by atoms with E-state index in [0.717, 1.165) is 22.0 Å². The molecule has 6 rings (SSSR count). The van der Waals surface area contributed by atoms with Gasteiger partial charge in [0.05, 0.1) is 28.3 Å². The molecule has 0 unspecified atom stereocenters. The van der Waals surface area contributed by atoms with E-state index in [0.29, 0.717) is 27.0 Å². The number of nitrogens with zero attached hydrogens (tertiary/aromatic N) is 5. The van der Waals surface area contributed by atoms with Crippen molar-refractivity contribution in [2.75, 3.05) is 0 Å². The molecular formula is C24H18BrClFN5. The summed E-state index contributed by atoms with van der Waals surface area (Å²) in [6, 6.07) is 9.11. The van der Waals surface area contributed by atoms with Crippen molar-refractivity contribution in [3.8, 4) is 22.4 Å². The lowest BCUT2D eigenvalue weighted by Crippen LogP contribution is -2.04. The summed E-state index contributed by atoms with van der Waals surface area (Å²) in [5, 5.41) is 5.79. The van der Waals surface area contributed by atoms with Gasteiger partial charge in [0.15, 0.2) is 0 Å². The van der Waals surface area contributed by atoms with Gasteiger partial charge in [-0.3, -0.25) is 14.1 Å². The molecule has 5 aromatic rings. The zero-order valence-corrected chi connectivity index (χ0v) is 19.3. The summed E-state index contributed by atoms with van der Waals surface area (Å²) in [4.78, 5) is 9.42. The summed E-state index contributed by atoms with van der Waals surface area (Å²) in [7, 11) is 0. The zero-order valence-electron chi connectivity index (χ0n) is 17.0. The fraction of sp³-hybridized carbons (Fsp3) is 0.208. The molecule has 8 heteroatoms. The number of aromatic nitrogens is 5. The molecule has 0 aliphatic heterocycles. The summed E-state index contributed by atoms with van der Waals surface area (Å²) < 4.78 is 19.2. The first-order valence-electron chi connectivity index (χ1n) is 10.6. The Labute approximate surface area is 197 Å². The number of benzene rings is 1. The van der Waals surface area contributed by atoms with Crippen LogP contribution < -0.4 is 0 Å². The third kappa shape index (κ3) is 3.14. The average molecular weight is 511 g/mol. The van der Waals surface area contributed by atoms with Crippen molar-refractivity contribution in [3.05, 3.63) is 70.6 Å². The highest BCUT2D eigenvalue weighted by Crippen LogP contribution is 2.37. The monoisotopic (exact) mass is 509 g/mol. The predicted molar refractivity (Wildman–Crippen MR) is 127 cm³/mol. The Bertz CT molecular complexity index is 1460. The van der Waals surface area contributed by atoms with Crippen molar-refractivity contribution in [2.45, 2.75) is 31.7 Å². The Hall–Kier alpha value is -2.77. The number of pyridine rings is 2. The molecule has 5 nitrogen and oxygen atoms in total. The van der Waals surface area contributed by atoms with Crippen LogP contribution >= 0.6 is 27.5 Å². The van der Waals surface area contributed by atoms with Crippen LogP contribution in [-0.4, -0.2) is 24.1 Å². The van der Waals surface area contributed by atoms with Gasteiger partial charge >= 0.3 is 0 Å². The standard InChI is InChI=1S/C24H18BrClFN5/c25-23-22(21-18(26)6-3-7-19(21)27)30-24-17-10-14(11-28-20(17)8-9-31(23)24)15-12-29-32(13-15)16-4-1-2-5-16/h3,6-13,16H,1-2,4-5H2. The second kappa shape index (κ2) is 7.67. The van der Waals surface area contributed by atoms with Crippen molar-refractivity contribution < 1.29 is 4.39 Å². The van der Waals surface area contributed by atoms with Gasteiger partial charge in [0.1, 0.15) is 21.8 Å². The highest BCUT2D eigenvalue weighted by Gasteiger charge is 2.21. The second-order valence-corrected chi connectivity index (χ2v) is 9.32. The third-order valence-electron chi connectivity index (χ3n) is 6.23. The number of halogens is 3. The Morgan fingerprint density at radius 2 is 1.94 bits per heavy atom. The molecular weight excluding hydrogens is 493 g/mol. The molecule has 0 radical (unpaired) electrons. The molecule has 4 heterocycles. The van der Waals surface area contributed by atoms with E-state index in [1.165, 1.54) is 31.7 Å². The smallest absolute Gasteiger partial charge is 0.147 e. The van der Waals surface area contributed by atoms with E-state index < -0.39 is 5.82 Å². The molecule has 160 valence electrons. The molecule has 1 aliphatic rings. The number of imidazole rings is 1. The fourth-order valence-corrected chi connectivity index (χ4v) is 5.39. The van der Waals surface area contributed by atoms with Crippen molar-refractivity contribution >= 4 is 44.1 Å². The summed E-state index contributed by atoms with van der Waals surface area (Å²) in [6.45, 7) is 0. The minimum atomic E-state index is -0.413. The quantitative estimate of drug-likeness (QED) is 0.260. The Balaban J connectivity index is 1.51. The molecule has 1 aromatic carbocycles. The maximum atomic E-state index is 14.6. The molecule has 0 bridgehead atoms. The molecule has 0 atom stereocenters. The first kappa shape index (κ1) is 19.9. The van der Waals surface area contributed by atoms with Gasteiger partial charge in [0.2, 0.25) is 0 Å². The first-order valence-corrected chi connectivity index (χ1v) is 11.7. The van der Waals surface area contributed by atoms with Gasteiger partial charge in [-0.15, -0.1) is 0 Å². The summed E-state index contributed by atoms with van der Waals surface area (Å²) in [5.74, 6) is -0.413. The maximum absolute atomic E-state index is 14.6. The van der Waals surface area contributed by atoms with Crippen LogP contribution in [0.3, 0.4) is 0 Å². The van der Waals surface area contributed by atoms with Crippen LogP contribution in [-0.2, 0) is 0 Å². The average Bonchev–Trinajstić information content (AvgIpc) is 3.54. The van der Waals surface area contributed by atoms with Gasteiger partial charge in [0.25, 0.3) is 0 Å². The van der Waals surface area contributed by atoms with E-state index in [1.54, 1.807) is 12.1 Å². The number of hydrogen-bond acceptors (Lipinski definition) is 3. The number of rotatable bonds is 3. The number of fused-ring (bicyclic) bond motifs is 3. The van der Waals surface area contributed by atoms with Crippen molar-refractivity contribution in [1.82, 2.24) is 24.1 Å². The Morgan fingerprint density at radius 3 is 2.75 bits per heavy atom. The van der Waals surface area contributed by atoms with Gasteiger partial charge < -0.3 is 0 Å². The largest absolute Gasteiger partial charge is 0.293 e. The Morgan fingerprint density at radius 1 is 1.09 bits per heavy atom. The Kier molecular flexibility index (Phi) is 4.77. The topological polar surface area (TPSA) is 48.0 Å². The van der Waals surface area contributed by atoms with Crippen LogP contribution in [0.4, 0.5) is 4.39 Å². The van der Waals surface area contributed by atoms with Gasteiger partial charge in [-0.05, 0) is 53.0 Å². The van der Waals surface area contributed by atoms with Crippen LogP contribution in [0.25, 0.3) is 38.9 Å². The predicted octanol–water partition coefficient (Wildman–Crippen LogP) is 7.08. The van der Waals surface area contributed by atoms with E-state index in [4.69, 9.17) is 16.6 Å². The minimum Gasteiger partial charge on any atom is -0.293 e. The lowest BCUT2D eigenvalue weighted by atomic mass is 10.1. The molecule has 1 fully saturated rings. The van der Waals surface area contributed by atoms with Crippen LogP contribution in [0.2, 0.25) is 5.02 Å². The highest BCUT2D eigenvalue weighted by molar-refractivity contribution is 9.10. The molecule has 0 N–H and O–H groups in total. The van der Waals surface area contributed by atoms with Crippen molar-refractivity contribution in [1.29, 1.82) is 0 Å². The van der Waals surface area contributed by atoms with Crippen LogP contribution in [0.5, 0.6) is 0 Å². The van der Waals surface area contributed by atoms with Crippen molar-refractivity contribution in [3.63, 3.8) is 0 Å². The molecule has 32 heavy (non-hydrogen) atoms.